The van der Waals surface area contributed by atoms with E-state index in [0.717, 1.165) is 4.47 Å². The van der Waals surface area contributed by atoms with E-state index in [1.54, 1.807) is 29.0 Å². The summed E-state index contributed by atoms with van der Waals surface area (Å²) in [6.45, 7) is 2.56. The number of carbonyl (C=O) groups is 2. The molecule has 21 heavy (non-hydrogen) atoms. The summed E-state index contributed by atoms with van der Waals surface area (Å²) < 4.78 is 3.26. The fraction of sp³-hybridized carbons (Fsp3) is 0.143. The summed E-state index contributed by atoms with van der Waals surface area (Å²) >= 11 is 6.59. The van der Waals surface area contributed by atoms with E-state index in [1.165, 1.54) is 6.07 Å². The van der Waals surface area contributed by atoms with Crippen LogP contribution in [-0.2, 0) is 6.54 Å². The summed E-state index contributed by atoms with van der Waals surface area (Å²) in [4.78, 5) is 23.5. The van der Waals surface area contributed by atoms with Crippen molar-refractivity contribution in [1.82, 2.24) is 4.57 Å². The zero-order valence-electron chi connectivity index (χ0n) is 11.1. The highest BCUT2D eigenvalue weighted by Gasteiger charge is 2.16. The van der Waals surface area contributed by atoms with Gasteiger partial charge in [0.15, 0.2) is 0 Å². The Morgan fingerprint density at radius 3 is 2.57 bits per heavy atom. The van der Waals surface area contributed by atoms with Crippen molar-refractivity contribution in [2.45, 2.75) is 13.5 Å². The van der Waals surface area contributed by atoms with Gasteiger partial charge in [0.05, 0.1) is 11.3 Å². The number of rotatable bonds is 4. The lowest BCUT2D eigenvalue weighted by atomic mass is 10.1. The molecule has 0 unspecified atom stereocenters. The second-order valence-electron chi connectivity index (χ2n) is 4.28. The van der Waals surface area contributed by atoms with E-state index in [-0.39, 0.29) is 17.2 Å². The molecule has 0 fully saturated rings. The molecule has 0 saturated carbocycles. The van der Waals surface area contributed by atoms with Gasteiger partial charge in [-0.3, -0.25) is 4.79 Å². The largest absolute Gasteiger partial charge is 0.478 e. The first-order valence-corrected chi connectivity index (χ1v) is 7.71. The van der Waals surface area contributed by atoms with Crippen molar-refractivity contribution < 1.29 is 14.7 Å². The molecular weight excluding hydrogens is 404 g/mol. The number of benzene rings is 1. The van der Waals surface area contributed by atoms with Crippen LogP contribution in [0.3, 0.4) is 0 Å². The highest BCUT2D eigenvalue weighted by molar-refractivity contribution is 9.10. The maximum absolute atomic E-state index is 12.3. The van der Waals surface area contributed by atoms with E-state index in [9.17, 15) is 9.59 Å². The monoisotopic (exact) mass is 414 g/mol. The molecular formula is C14H12Br2N2O3. The quantitative estimate of drug-likeness (QED) is 0.793. The fourth-order valence-corrected chi connectivity index (χ4v) is 2.74. The summed E-state index contributed by atoms with van der Waals surface area (Å²) in [5.41, 5.74) is 0.753. The van der Waals surface area contributed by atoms with Crippen molar-refractivity contribution in [3.05, 3.63) is 50.7 Å². The van der Waals surface area contributed by atoms with E-state index in [0.29, 0.717) is 16.7 Å². The Labute approximate surface area is 138 Å². The Morgan fingerprint density at radius 1 is 1.24 bits per heavy atom. The number of nitrogens with zero attached hydrogens (tertiary/aromatic N) is 1. The molecule has 1 heterocycles. The summed E-state index contributed by atoms with van der Waals surface area (Å²) in [7, 11) is 0. The zero-order valence-corrected chi connectivity index (χ0v) is 14.2. The molecule has 0 spiro atoms. The molecule has 1 amide bonds. The molecule has 0 radical (unpaired) electrons. The Balaban J connectivity index is 2.35. The van der Waals surface area contributed by atoms with Gasteiger partial charge in [0.25, 0.3) is 5.91 Å². The van der Waals surface area contributed by atoms with Crippen molar-refractivity contribution in [2.24, 2.45) is 0 Å². The molecule has 110 valence electrons. The number of anilines is 1. The molecule has 1 aromatic heterocycles. The average Bonchev–Trinajstić information content (AvgIpc) is 2.79. The van der Waals surface area contributed by atoms with Crippen LogP contribution in [-0.4, -0.2) is 21.6 Å². The zero-order chi connectivity index (χ0) is 15.6. The second kappa shape index (κ2) is 6.44. The third-order valence-electron chi connectivity index (χ3n) is 2.90. The van der Waals surface area contributed by atoms with E-state index >= 15 is 0 Å². The number of carboxylic acid groups (broad SMARTS) is 1. The molecule has 2 aromatic rings. The maximum Gasteiger partial charge on any atom is 0.337 e. The Kier molecular flexibility index (Phi) is 4.84. The normalized spacial score (nSPS) is 10.4. The molecule has 0 aliphatic carbocycles. The summed E-state index contributed by atoms with van der Waals surface area (Å²) in [5.74, 6) is -1.45. The molecule has 0 aliphatic rings. The highest BCUT2D eigenvalue weighted by atomic mass is 79.9. The average molecular weight is 416 g/mol. The molecule has 5 nitrogen and oxygen atoms in total. The number of carbonyl (C=O) groups excluding carboxylic acids is 1. The van der Waals surface area contributed by atoms with Gasteiger partial charge >= 0.3 is 5.97 Å². The van der Waals surface area contributed by atoms with Gasteiger partial charge in [-0.15, -0.1) is 0 Å². The minimum absolute atomic E-state index is 0.0419. The molecule has 7 heteroatoms. The van der Waals surface area contributed by atoms with Crippen LogP contribution in [0.15, 0.2) is 39.4 Å². The maximum atomic E-state index is 12.3. The number of hydrogen-bond donors (Lipinski definition) is 2. The van der Waals surface area contributed by atoms with Crippen molar-refractivity contribution in [1.29, 1.82) is 0 Å². The van der Waals surface area contributed by atoms with Crippen LogP contribution < -0.4 is 5.32 Å². The van der Waals surface area contributed by atoms with Gasteiger partial charge in [0.1, 0.15) is 5.69 Å². The number of amides is 1. The number of aromatic carboxylic acids is 1. The molecule has 0 aliphatic heterocycles. The van der Waals surface area contributed by atoms with Crippen molar-refractivity contribution in [3.8, 4) is 0 Å². The van der Waals surface area contributed by atoms with Crippen LogP contribution in [0.2, 0.25) is 0 Å². The summed E-state index contributed by atoms with van der Waals surface area (Å²) in [6, 6.07) is 6.31. The number of aryl methyl sites for hydroxylation is 1. The Bertz CT molecular complexity index is 710. The number of hydrogen-bond acceptors (Lipinski definition) is 2. The van der Waals surface area contributed by atoms with E-state index in [2.05, 4.69) is 37.2 Å². The first kappa shape index (κ1) is 15.8. The van der Waals surface area contributed by atoms with Crippen LogP contribution in [0, 0.1) is 0 Å². The van der Waals surface area contributed by atoms with E-state index in [4.69, 9.17) is 5.11 Å². The number of carboxylic acids is 1. The van der Waals surface area contributed by atoms with Gasteiger partial charge in [-0.1, -0.05) is 15.9 Å². The van der Waals surface area contributed by atoms with Crippen LogP contribution in [0.4, 0.5) is 5.69 Å². The third kappa shape index (κ3) is 3.54. The lowest BCUT2D eigenvalue weighted by Gasteiger charge is -2.10. The van der Waals surface area contributed by atoms with Crippen LogP contribution in [0.25, 0.3) is 0 Å². The van der Waals surface area contributed by atoms with Gasteiger partial charge < -0.3 is 15.0 Å². The second-order valence-corrected chi connectivity index (χ2v) is 6.11. The van der Waals surface area contributed by atoms with Crippen LogP contribution in [0.1, 0.15) is 27.8 Å². The number of halogens is 2. The number of aromatic nitrogens is 1. The molecule has 0 atom stereocenters. The van der Waals surface area contributed by atoms with Gasteiger partial charge in [0.2, 0.25) is 0 Å². The molecule has 0 saturated heterocycles. The highest BCUT2D eigenvalue weighted by Crippen LogP contribution is 2.23. The summed E-state index contributed by atoms with van der Waals surface area (Å²) in [6.07, 6.45) is 1.80. The SMILES string of the molecule is CCn1cc(Br)cc1C(=O)Nc1cc(Br)ccc1C(=O)O. The van der Waals surface area contributed by atoms with Gasteiger partial charge in [-0.05, 0) is 47.1 Å². The van der Waals surface area contributed by atoms with Crippen LogP contribution in [0.5, 0.6) is 0 Å². The lowest BCUT2D eigenvalue weighted by molar-refractivity contribution is 0.0698. The Morgan fingerprint density at radius 2 is 1.95 bits per heavy atom. The minimum Gasteiger partial charge on any atom is -0.478 e. The predicted molar refractivity (Wildman–Crippen MR) is 86.9 cm³/mol. The predicted octanol–water partition coefficient (Wildman–Crippen LogP) is 3.98. The van der Waals surface area contributed by atoms with Crippen molar-refractivity contribution in [3.63, 3.8) is 0 Å². The first-order chi connectivity index (χ1) is 9.92. The van der Waals surface area contributed by atoms with Gasteiger partial charge in [0, 0.05) is 21.7 Å². The molecule has 2 N–H and O–H groups in total. The molecule has 0 bridgehead atoms. The minimum atomic E-state index is -1.09. The standard InChI is InChI=1S/C14H12Br2N2O3/c1-2-18-7-9(16)6-12(18)13(19)17-11-5-8(15)3-4-10(11)14(20)21/h3-7H,2H2,1H3,(H,17,19)(H,20,21). The molecule has 1 aromatic carbocycles. The Hall–Kier alpha value is -1.60. The third-order valence-corrected chi connectivity index (χ3v) is 3.82. The smallest absolute Gasteiger partial charge is 0.337 e. The first-order valence-electron chi connectivity index (χ1n) is 6.12. The van der Waals surface area contributed by atoms with Crippen LogP contribution >= 0.6 is 31.9 Å². The topological polar surface area (TPSA) is 71.3 Å². The lowest BCUT2D eigenvalue weighted by Crippen LogP contribution is -2.18. The van der Waals surface area contributed by atoms with Gasteiger partial charge in [-0.25, -0.2) is 4.79 Å². The van der Waals surface area contributed by atoms with E-state index < -0.39 is 5.97 Å². The van der Waals surface area contributed by atoms with Crippen molar-refractivity contribution in [2.75, 3.05) is 5.32 Å². The molecule has 2 rings (SSSR count). The van der Waals surface area contributed by atoms with Crippen molar-refractivity contribution >= 4 is 49.4 Å². The summed E-state index contributed by atoms with van der Waals surface area (Å²) in [5, 5.41) is 11.8. The van der Waals surface area contributed by atoms with Gasteiger partial charge in [-0.2, -0.15) is 0 Å². The van der Waals surface area contributed by atoms with E-state index in [1.807, 2.05) is 6.92 Å². The number of nitrogens with one attached hydrogen (secondary N) is 1. The fourth-order valence-electron chi connectivity index (χ4n) is 1.92.